The third-order valence-corrected chi connectivity index (χ3v) is 5.95. The van der Waals surface area contributed by atoms with Gasteiger partial charge in [0.25, 0.3) is 0 Å². The molecule has 2 unspecified atom stereocenters. The van der Waals surface area contributed by atoms with Crippen LogP contribution in [0.25, 0.3) is 0 Å². The molecule has 1 saturated heterocycles. The number of piperidine rings is 1. The van der Waals surface area contributed by atoms with Gasteiger partial charge in [0.05, 0.1) is 19.1 Å². The van der Waals surface area contributed by atoms with Gasteiger partial charge in [-0.25, -0.2) is 13.1 Å². The van der Waals surface area contributed by atoms with Gasteiger partial charge in [0.2, 0.25) is 10.0 Å². The second kappa shape index (κ2) is 5.15. The second-order valence-corrected chi connectivity index (χ2v) is 7.29. The largest absolute Gasteiger partial charge is 0.493 e. The standard InChI is InChI=1S/C14H20N2O4S/c1-8-4-11(19-2)12(20-3)5-13(8)21(17,18)16-14-9-6-15-7-10(9)14/h4-5,9-10,14-16H,6-7H2,1-3H3. The van der Waals surface area contributed by atoms with Gasteiger partial charge in [-0.3, -0.25) is 0 Å². The van der Waals surface area contributed by atoms with Crippen LogP contribution < -0.4 is 19.5 Å². The number of rotatable bonds is 5. The Balaban J connectivity index is 1.88. The number of nitrogens with one attached hydrogen (secondary N) is 2. The molecule has 0 spiro atoms. The Morgan fingerprint density at radius 1 is 1.14 bits per heavy atom. The summed E-state index contributed by atoms with van der Waals surface area (Å²) < 4.78 is 38.3. The molecule has 1 saturated carbocycles. The molecule has 2 aliphatic rings. The van der Waals surface area contributed by atoms with Gasteiger partial charge in [-0.15, -0.1) is 0 Å². The Labute approximate surface area is 124 Å². The van der Waals surface area contributed by atoms with E-state index in [9.17, 15) is 8.42 Å². The summed E-state index contributed by atoms with van der Waals surface area (Å²) in [7, 11) is -0.517. The second-order valence-electron chi connectivity index (χ2n) is 5.61. The van der Waals surface area contributed by atoms with E-state index in [1.165, 1.54) is 20.3 Å². The minimum absolute atomic E-state index is 0.0590. The molecule has 1 aliphatic heterocycles. The van der Waals surface area contributed by atoms with E-state index in [2.05, 4.69) is 10.0 Å². The van der Waals surface area contributed by atoms with Crippen molar-refractivity contribution in [3.05, 3.63) is 17.7 Å². The highest BCUT2D eigenvalue weighted by molar-refractivity contribution is 7.89. The van der Waals surface area contributed by atoms with E-state index in [-0.39, 0.29) is 10.9 Å². The van der Waals surface area contributed by atoms with Crippen LogP contribution in [0.1, 0.15) is 5.56 Å². The van der Waals surface area contributed by atoms with Gasteiger partial charge >= 0.3 is 0 Å². The highest BCUT2D eigenvalue weighted by atomic mass is 32.2. The molecular weight excluding hydrogens is 292 g/mol. The van der Waals surface area contributed by atoms with E-state index in [4.69, 9.17) is 9.47 Å². The molecule has 1 aromatic carbocycles. The number of methoxy groups -OCH3 is 2. The SMILES string of the molecule is COc1cc(C)c(S(=O)(=O)NC2C3CNCC32)cc1OC. The molecule has 2 atom stereocenters. The fourth-order valence-electron chi connectivity index (χ4n) is 3.09. The topological polar surface area (TPSA) is 76.7 Å². The number of sulfonamides is 1. The number of hydrogen-bond donors (Lipinski definition) is 2. The van der Waals surface area contributed by atoms with E-state index in [1.807, 2.05) is 0 Å². The van der Waals surface area contributed by atoms with Crippen molar-refractivity contribution in [1.29, 1.82) is 0 Å². The Kier molecular flexibility index (Phi) is 3.59. The molecule has 116 valence electrons. The van der Waals surface area contributed by atoms with Crippen LogP contribution >= 0.6 is 0 Å². The quantitative estimate of drug-likeness (QED) is 0.828. The van der Waals surface area contributed by atoms with Gasteiger partial charge < -0.3 is 14.8 Å². The number of hydrogen-bond acceptors (Lipinski definition) is 5. The molecule has 2 N–H and O–H groups in total. The van der Waals surface area contributed by atoms with Crippen LogP contribution in [-0.2, 0) is 10.0 Å². The van der Waals surface area contributed by atoms with Crippen molar-refractivity contribution < 1.29 is 17.9 Å². The van der Waals surface area contributed by atoms with E-state index in [1.54, 1.807) is 13.0 Å². The average Bonchev–Trinajstić information content (AvgIpc) is 2.89. The molecule has 1 aromatic rings. The van der Waals surface area contributed by atoms with Crippen molar-refractivity contribution >= 4 is 10.0 Å². The zero-order valence-corrected chi connectivity index (χ0v) is 13.2. The smallest absolute Gasteiger partial charge is 0.241 e. The first-order valence-corrected chi connectivity index (χ1v) is 8.42. The van der Waals surface area contributed by atoms with Gasteiger partial charge in [0, 0.05) is 12.1 Å². The van der Waals surface area contributed by atoms with Crippen molar-refractivity contribution in [2.75, 3.05) is 27.3 Å². The van der Waals surface area contributed by atoms with Crippen LogP contribution in [-0.4, -0.2) is 41.8 Å². The third kappa shape index (κ3) is 2.49. The highest BCUT2D eigenvalue weighted by Gasteiger charge is 2.54. The molecule has 0 amide bonds. The average molecular weight is 312 g/mol. The van der Waals surface area contributed by atoms with Crippen molar-refractivity contribution in [3.63, 3.8) is 0 Å². The van der Waals surface area contributed by atoms with Crippen molar-refractivity contribution in [3.8, 4) is 11.5 Å². The van der Waals surface area contributed by atoms with E-state index >= 15 is 0 Å². The molecule has 2 fully saturated rings. The van der Waals surface area contributed by atoms with E-state index in [0.717, 1.165) is 13.1 Å². The molecule has 1 aliphatic carbocycles. The van der Waals surface area contributed by atoms with E-state index in [0.29, 0.717) is 28.9 Å². The lowest BCUT2D eigenvalue weighted by Crippen LogP contribution is -2.32. The molecule has 0 bridgehead atoms. The van der Waals surface area contributed by atoms with Gasteiger partial charge in [0.1, 0.15) is 0 Å². The fourth-order valence-corrected chi connectivity index (χ4v) is 4.67. The van der Waals surface area contributed by atoms with Gasteiger partial charge in [-0.2, -0.15) is 0 Å². The zero-order chi connectivity index (χ0) is 15.2. The molecule has 21 heavy (non-hydrogen) atoms. The van der Waals surface area contributed by atoms with Crippen molar-refractivity contribution in [1.82, 2.24) is 10.0 Å². The number of fused-ring (bicyclic) bond motifs is 1. The van der Waals surface area contributed by atoms with Crippen molar-refractivity contribution in [2.45, 2.75) is 17.9 Å². The predicted octanol–water partition coefficient (Wildman–Crippen LogP) is 0.508. The summed E-state index contributed by atoms with van der Waals surface area (Å²) in [6.45, 7) is 3.54. The summed E-state index contributed by atoms with van der Waals surface area (Å²) in [6, 6.07) is 3.26. The maximum Gasteiger partial charge on any atom is 0.241 e. The fraction of sp³-hybridized carbons (Fsp3) is 0.571. The minimum Gasteiger partial charge on any atom is -0.493 e. The number of ether oxygens (including phenoxy) is 2. The minimum atomic E-state index is -3.54. The maximum absolute atomic E-state index is 12.6. The highest BCUT2D eigenvalue weighted by Crippen LogP contribution is 2.43. The first kappa shape index (κ1) is 14.6. The van der Waals surface area contributed by atoms with Crippen LogP contribution in [0.15, 0.2) is 17.0 Å². The summed E-state index contributed by atoms with van der Waals surface area (Å²) in [5, 5.41) is 3.25. The van der Waals surface area contributed by atoms with E-state index < -0.39 is 10.0 Å². The first-order chi connectivity index (χ1) is 9.97. The normalized spacial score (nSPS) is 27.3. The Bertz CT molecular complexity index is 649. The molecule has 1 heterocycles. The lowest BCUT2D eigenvalue weighted by atomic mass is 10.2. The monoisotopic (exact) mass is 312 g/mol. The van der Waals surface area contributed by atoms with Gasteiger partial charge in [-0.05, 0) is 43.5 Å². The van der Waals surface area contributed by atoms with Crippen LogP contribution in [0.4, 0.5) is 0 Å². The summed E-state index contributed by atoms with van der Waals surface area (Å²) in [5.74, 6) is 1.81. The molecule has 6 nitrogen and oxygen atoms in total. The van der Waals surface area contributed by atoms with Crippen LogP contribution in [0.3, 0.4) is 0 Å². The molecule has 0 aromatic heterocycles. The maximum atomic E-state index is 12.6. The molecule has 7 heteroatoms. The summed E-state index contributed by atoms with van der Waals surface area (Å²) >= 11 is 0. The van der Waals surface area contributed by atoms with Gasteiger partial charge in [0.15, 0.2) is 11.5 Å². The summed E-state index contributed by atoms with van der Waals surface area (Å²) in [4.78, 5) is 0.248. The van der Waals surface area contributed by atoms with Crippen molar-refractivity contribution in [2.24, 2.45) is 11.8 Å². The van der Waals surface area contributed by atoms with Crippen LogP contribution in [0, 0.1) is 18.8 Å². The Morgan fingerprint density at radius 2 is 1.71 bits per heavy atom. The number of benzene rings is 1. The summed E-state index contributed by atoms with van der Waals surface area (Å²) in [6.07, 6.45) is 0. The van der Waals surface area contributed by atoms with Crippen LogP contribution in [0.2, 0.25) is 0 Å². The number of aryl methyl sites for hydroxylation is 1. The molecule has 3 rings (SSSR count). The zero-order valence-electron chi connectivity index (χ0n) is 12.3. The van der Waals surface area contributed by atoms with Gasteiger partial charge in [-0.1, -0.05) is 0 Å². The summed E-state index contributed by atoms with van der Waals surface area (Å²) in [5.41, 5.74) is 0.643. The van der Waals surface area contributed by atoms with Crippen LogP contribution in [0.5, 0.6) is 11.5 Å². The Morgan fingerprint density at radius 3 is 2.29 bits per heavy atom. The lowest BCUT2D eigenvalue weighted by molar-refractivity contribution is 0.353. The first-order valence-electron chi connectivity index (χ1n) is 6.93. The predicted molar refractivity (Wildman–Crippen MR) is 78.2 cm³/mol. The lowest BCUT2D eigenvalue weighted by Gasteiger charge is -2.14. The molecular formula is C14H20N2O4S. The molecule has 0 radical (unpaired) electrons. The Hall–Kier alpha value is -1.31. The third-order valence-electron chi connectivity index (χ3n) is 4.35.